The average Bonchev–Trinajstić information content (AvgIpc) is 2.86. The van der Waals surface area contributed by atoms with Crippen molar-refractivity contribution in [3.63, 3.8) is 0 Å². The molecule has 2 rings (SSSR count). The molecule has 1 aromatic rings. The van der Waals surface area contributed by atoms with Crippen LogP contribution in [0.15, 0.2) is 9.59 Å². The molecule has 140 valence electrons. The van der Waals surface area contributed by atoms with Crippen LogP contribution in [-0.2, 0) is 13.6 Å². The summed E-state index contributed by atoms with van der Waals surface area (Å²) in [7, 11) is 3.32. The molecule has 0 aromatic carbocycles. The second kappa shape index (κ2) is 8.47. The number of hydrogen-bond acceptors (Lipinski definition) is 5. The number of carbonyl (C=O) groups is 1. The number of nitrogen functional groups attached to an aromatic ring is 1. The van der Waals surface area contributed by atoms with Gasteiger partial charge in [-0.1, -0.05) is 32.6 Å². The van der Waals surface area contributed by atoms with Crippen LogP contribution in [-0.4, -0.2) is 39.5 Å². The van der Waals surface area contributed by atoms with Crippen molar-refractivity contribution < 1.29 is 4.79 Å². The van der Waals surface area contributed by atoms with Gasteiger partial charge in [-0.25, -0.2) is 4.79 Å². The number of aromatic nitrogens is 2. The average molecular weight is 350 g/mol. The van der Waals surface area contributed by atoms with Crippen molar-refractivity contribution >= 4 is 11.6 Å². The monoisotopic (exact) mass is 350 g/mol. The van der Waals surface area contributed by atoms with Crippen molar-refractivity contribution in [2.75, 3.05) is 19.3 Å². The minimum Gasteiger partial charge on any atom is -0.384 e. The molecule has 0 unspecified atom stereocenters. The molecule has 7 nitrogen and oxygen atoms in total. The number of anilines is 1. The Morgan fingerprint density at radius 2 is 1.80 bits per heavy atom. The van der Waals surface area contributed by atoms with E-state index in [1.165, 1.54) is 37.3 Å². The Kier molecular flexibility index (Phi) is 6.58. The van der Waals surface area contributed by atoms with Gasteiger partial charge in [0.05, 0.1) is 6.54 Å². The van der Waals surface area contributed by atoms with E-state index in [1.54, 1.807) is 0 Å². The fraction of sp³-hybridized carbons (Fsp3) is 0.722. The molecular weight excluding hydrogens is 320 g/mol. The van der Waals surface area contributed by atoms with Crippen molar-refractivity contribution in [2.45, 2.75) is 64.5 Å². The van der Waals surface area contributed by atoms with Gasteiger partial charge in [0.15, 0.2) is 5.78 Å². The predicted octanol–water partition coefficient (Wildman–Crippen LogP) is 1.38. The number of ketones is 1. The zero-order valence-corrected chi connectivity index (χ0v) is 15.6. The highest BCUT2D eigenvalue weighted by Gasteiger charge is 2.25. The highest BCUT2D eigenvalue weighted by atomic mass is 16.2. The van der Waals surface area contributed by atoms with Crippen LogP contribution in [0.5, 0.6) is 0 Å². The Morgan fingerprint density at radius 3 is 2.36 bits per heavy atom. The molecule has 1 heterocycles. The maximum absolute atomic E-state index is 12.8. The first-order valence-corrected chi connectivity index (χ1v) is 9.21. The molecular formula is C18H30N4O3. The number of Topliss-reactive ketones (excluding diaryl/α,β-unsaturated/α-hetero) is 1. The topological polar surface area (TPSA) is 90.3 Å². The van der Waals surface area contributed by atoms with E-state index in [0.29, 0.717) is 19.0 Å². The molecule has 25 heavy (non-hydrogen) atoms. The third-order valence-electron chi connectivity index (χ3n) is 5.15. The summed E-state index contributed by atoms with van der Waals surface area (Å²) < 4.78 is 2.30. The van der Waals surface area contributed by atoms with Gasteiger partial charge in [-0.15, -0.1) is 0 Å². The number of carbonyl (C=O) groups excluding carboxylic acids is 1. The van der Waals surface area contributed by atoms with E-state index in [-0.39, 0.29) is 23.7 Å². The number of nitrogens with two attached hydrogens (primary N) is 1. The first-order valence-electron chi connectivity index (χ1n) is 9.21. The Labute approximate surface area is 148 Å². The van der Waals surface area contributed by atoms with Gasteiger partial charge in [-0.05, 0) is 26.3 Å². The summed E-state index contributed by atoms with van der Waals surface area (Å²) in [5.41, 5.74) is 4.89. The minimum absolute atomic E-state index is 0.00536. The Bertz CT molecular complexity index is 727. The predicted molar refractivity (Wildman–Crippen MR) is 99.1 cm³/mol. The van der Waals surface area contributed by atoms with Gasteiger partial charge in [0.2, 0.25) is 0 Å². The van der Waals surface area contributed by atoms with Crippen LogP contribution in [0.1, 0.15) is 62.2 Å². The summed E-state index contributed by atoms with van der Waals surface area (Å²) in [4.78, 5) is 39.5. The van der Waals surface area contributed by atoms with E-state index in [1.807, 2.05) is 18.9 Å². The smallest absolute Gasteiger partial charge is 0.332 e. The minimum atomic E-state index is -0.603. The molecule has 0 radical (unpaired) electrons. The lowest BCUT2D eigenvalue weighted by Crippen LogP contribution is -2.44. The fourth-order valence-corrected chi connectivity index (χ4v) is 3.62. The first-order chi connectivity index (χ1) is 11.9. The maximum Gasteiger partial charge on any atom is 0.332 e. The lowest BCUT2D eigenvalue weighted by atomic mass is 10.1. The van der Waals surface area contributed by atoms with Crippen LogP contribution < -0.4 is 17.0 Å². The van der Waals surface area contributed by atoms with Gasteiger partial charge in [-0.3, -0.25) is 23.6 Å². The van der Waals surface area contributed by atoms with Gasteiger partial charge in [0.25, 0.3) is 5.56 Å². The van der Waals surface area contributed by atoms with E-state index in [2.05, 4.69) is 0 Å². The van der Waals surface area contributed by atoms with Crippen LogP contribution in [0.4, 0.5) is 5.82 Å². The van der Waals surface area contributed by atoms with E-state index < -0.39 is 11.2 Å². The summed E-state index contributed by atoms with van der Waals surface area (Å²) >= 11 is 0. The molecule has 1 saturated carbocycles. The Hall–Kier alpha value is -1.89. The van der Waals surface area contributed by atoms with Crippen LogP contribution in [0.25, 0.3) is 0 Å². The maximum atomic E-state index is 12.8. The first kappa shape index (κ1) is 19.4. The molecule has 1 aliphatic rings. The molecule has 1 aromatic heterocycles. The lowest BCUT2D eigenvalue weighted by Gasteiger charge is -2.26. The van der Waals surface area contributed by atoms with Crippen molar-refractivity contribution in [3.05, 3.63) is 26.4 Å². The number of likely N-dealkylation sites (N-methyl/N-ethyl adjacent to an activating group) is 1. The SMILES string of the molecule is CCCn1c(N)c(C(=O)CN(C)C2CCCCCC2)c(=O)n(C)c1=O. The van der Waals surface area contributed by atoms with Gasteiger partial charge in [-0.2, -0.15) is 0 Å². The third kappa shape index (κ3) is 4.21. The fourth-order valence-electron chi connectivity index (χ4n) is 3.62. The van der Waals surface area contributed by atoms with Crippen molar-refractivity contribution in [2.24, 2.45) is 7.05 Å². The summed E-state index contributed by atoms with van der Waals surface area (Å²) in [6, 6.07) is 0.359. The molecule has 1 fully saturated rings. The molecule has 0 spiro atoms. The van der Waals surface area contributed by atoms with Crippen molar-refractivity contribution in [1.82, 2.24) is 14.0 Å². The van der Waals surface area contributed by atoms with E-state index in [4.69, 9.17) is 5.73 Å². The Morgan fingerprint density at radius 1 is 1.20 bits per heavy atom. The molecule has 1 aliphatic carbocycles. The largest absolute Gasteiger partial charge is 0.384 e. The summed E-state index contributed by atoms with van der Waals surface area (Å²) in [6.45, 7) is 2.45. The van der Waals surface area contributed by atoms with E-state index >= 15 is 0 Å². The Balaban J connectivity index is 2.29. The van der Waals surface area contributed by atoms with E-state index in [9.17, 15) is 14.4 Å². The zero-order chi connectivity index (χ0) is 18.6. The number of rotatable bonds is 6. The van der Waals surface area contributed by atoms with Crippen LogP contribution >= 0.6 is 0 Å². The van der Waals surface area contributed by atoms with Crippen LogP contribution in [0, 0.1) is 0 Å². The third-order valence-corrected chi connectivity index (χ3v) is 5.15. The van der Waals surface area contributed by atoms with Crippen LogP contribution in [0.2, 0.25) is 0 Å². The highest BCUT2D eigenvalue weighted by Crippen LogP contribution is 2.21. The molecule has 0 amide bonds. The van der Waals surface area contributed by atoms with Crippen molar-refractivity contribution in [1.29, 1.82) is 0 Å². The lowest BCUT2D eigenvalue weighted by molar-refractivity contribution is 0.0910. The molecule has 0 saturated heterocycles. The van der Waals surface area contributed by atoms with Crippen molar-refractivity contribution in [3.8, 4) is 0 Å². The molecule has 0 bridgehead atoms. The highest BCUT2D eigenvalue weighted by molar-refractivity contribution is 6.01. The summed E-state index contributed by atoms with van der Waals surface area (Å²) in [5, 5.41) is 0. The summed E-state index contributed by atoms with van der Waals surface area (Å²) in [5.74, 6) is -0.316. The zero-order valence-electron chi connectivity index (χ0n) is 15.6. The second-order valence-corrected chi connectivity index (χ2v) is 7.04. The molecule has 0 atom stereocenters. The molecule has 7 heteroatoms. The normalized spacial score (nSPS) is 16.2. The van der Waals surface area contributed by atoms with E-state index in [0.717, 1.165) is 17.4 Å². The molecule has 0 aliphatic heterocycles. The second-order valence-electron chi connectivity index (χ2n) is 7.04. The quantitative estimate of drug-likeness (QED) is 0.618. The van der Waals surface area contributed by atoms with Gasteiger partial charge >= 0.3 is 5.69 Å². The van der Waals surface area contributed by atoms with Gasteiger partial charge in [0, 0.05) is 19.6 Å². The van der Waals surface area contributed by atoms with Gasteiger partial charge in [0.1, 0.15) is 11.4 Å². The molecule has 2 N–H and O–H groups in total. The summed E-state index contributed by atoms with van der Waals surface area (Å²) in [6.07, 6.45) is 7.68. The van der Waals surface area contributed by atoms with Crippen LogP contribution in [0.3, 0.4) is 0 Å². The number of nitrogens with zero attached hydrogens (tertiary/aromatic N) is 3. The van der Waals surface area contributed by atoms with Gasteiger partial charge < -0.3 is 5.73 Å². The standard InChI is InChI=1S/C18H30N4O3/c1-4-11-22-16(19)15(17(24)21(3)18(22)25)14(23)12-20(2)13-9-7-5-6-8-10-13/h13H,4-12,19H2,1-3H3. The number of hydrogen-bond donors (Lipinski definition) is 1.